The van der Waals surface area contributed by atoms with Crippen molar-refractivity contribution >= 4 is 46.3 Å². The quantitative estimate of drug-likeness (QED) is 0.395. The van der Waals surface area contributed by atoms with Gasteiger partial charge in [-0.2, -0.15) is 0 Å². The molecule has 0 atom stereocenters. The van der Waals surface area contributed by atoms with Gasteiger partial charge >= 0.3 is 0 Å². The van der Waals surface area contributed by atoms with Crippen molar-refractivity contribution in [1.82, 2.24) is 0 Å². The highest BCUT2D eigenvalue weighted by Crippen LogP contribution is 2.41. The highest BCUT2D eigenvalue weighted by molar-refractivity contribution is 7.99. The topological polar surface area (TPSA) is 49.4 Å². The molecule has 2 heterocycles. The van der Waals surface area contributed by atoms with Crippen LogP contribution in [0.25, 0.3) is 0 Å². The van der Waals surface area contributed by atoms with Crippen LogP contribution in [0.15, 0.2) is 100 Å². The Morgan fingerprint density at radius 1 is 0.844 bits per heavy atom. The second-order valence-electron chi connectivity index (χ2n) is 7.45. The molecule has 0 saturated heterocycles. The average molecular weight is 457 g/mol. The molecule has 0 spiro atoms. The van der Waals surface area contributed by atoms with Gasteiger partial charge in [0.2, 0.25) is 5.91 Å². The normalized spacial score (nSPS) is 12.4. The SMILES string of the molecule is O=C(Cc1cccs1)Nc1ccc(C(=O)N2Cc3ccccc3Sc3ccccc32)cc1. The summed E-state index contributed by atoms with van der Waals surface area (Å²) in [6.07, 6.45) is 0.347. The summed E-state index contributed by atoms with van der Waals surface area (Å²) in [5.41, 5.74) is 3.30. The van der Waals surface area contributed by atoms with E-state index in [0.29, 0.717) is 24.2 Å². The van der Waals surface area contributed by atoms with E-state index in [1.807, 2.05) is 52.7 Å². The molecule has 3 aromatic carbocycles. The van der Waals surface area contributed by atoms with E-state index in [0.717, 1.165) is 21.0 Å². The number of amides is 2. The average Bonchev–Trinajstić information content (AvgIpc) is 3.25. The molecule has 1 N–H and O–H groups in total. The third-order valence-corrected chi connectivity index (χ3v) is 7.31. The first-order valence-electron chi connectivity index (χ1n) is 10.3. The lowest BCUT2D eigenvalue weighted by molar-refractivity contribution is -0.115. The monoisotopic (exact) mass is 456 g/mol. The number of hydrogen-bond donors (Lipinski definition) is 1. The van der Waals surface area contributed by atoms with Crippen LogP contribution in [0.1, 0.15) is 20.8 Å². The van der Waals surface area contributed by atoms with Crippen LogP contribution in [0.5, 0.6) is 0 Å². The maximum absolute atomic E-state index is 13.5. The van der Waals surface area contributed by atoms with E-state index in [2.05, 4.69) is 23.5 Å². The van der Waals surface area contributed by atoms with Gasteiger partial charge in [0.25, 0.3) is 5.91 Å². The van der Waals surface area contributed by atoms with Crippen LogP contribution in [-0.4, -0.2) is 11.8 Å². The molecule has 4 aromatic rings. The minimum absolute atomic E-state index is 0.0637. The molecule has 0 bridgehead atoms. The van der Waals surface area contributed by atoms with Crippen LogP contribution in [0.2, 0.25) is 0 Å². The minimum atomic E-state index is -0.0680. The van der Waals surface area contributed by atoms with E-state index in [4.69, 9.17) is 0 Å². The molecular formula is C26H20N2O2S2. The summed E-state index contributed by atoms with van der Waals surface area (Å²) in [6.45, 7) is 0.512. The van der Waals surface area contributed by atoms with Gasteiger partial charge in [-0.1, -0.05) is 48.2 Å². The van der Waals surface area contributed by atoms with Gasteiger partial charge in [0.1, 0.15) is 0 Å². The number of nitrogens with one attached hydrogen (secondary N) is 1. The van der Waals surface area contributed by atoms with Crippen molar-refractivity contribution < 1.29 is 9.59 Å². The number of thiophene rings is 1. The molecule has 0 radical (unpaired) electrons. The van der Waals surface area contributed by atoms with E-state index in [-0.39, 0.29) is 11.8 Å². The van der Waals surface area contributed by atoms with Crippen molar-refractivity contribution in [1.29, 1.82) is 0 Å². The van der Waals surface area contributed by atoms with E-state index < -0.39 is 0 Å². The van der Waals surface area contributed by atoms with E-state index >= 15 is 0 Å². The third-order valence-electron chi connectivity index (χ3n) is 5.25. The summed E-state index contributed by atoms with van der Waals surface area (Å²) in [5.74, 6) is -0.132. The fourth-order valence-electron chi connectivity index (χ4n) is 3.68. The largest absolute Gasteiger partial charge is 0.326 e. The van der Waals surface area contributed by atoms with Gasteiger partial charge in [0.05, 0.1) is 18.7 Å². The lowest BCUT2D eigenvalue weighted by Gasteiger charge is -2.23. The highest BCUT2D eigenvalue weighted by Gasteiger charge is 2.25. The number of anilines is 2. The number of para-hydroxylation sites is 1. The molecule has 0 saturated carbocycles. The summed E-state index contributed by atoms with van der Waals surface area (Å²) in [7, 11) is 0. The summed E-state index contributed by atoms with van der Waals surface area (Å²) >= 11 is 3.25. The molecule has 6 heteroatoms. The standard InChI is InChI=1S/C26H20N2O2S2/c29-25(16-21-7-5-15-31-21)27-20-13-11-18(12-14-20)26(30)28-17-19-6-1-3-9-23(19)32-24-10-4-2-8-22(24)28/h1-15H,16-17H2,(H,27,29). The zero-order valence-electron chi connectivity index (χ0n) is 17.2. The number of carbonyl (C=O) groups is 2. The maximum Gasteiger partial charge on any atom is 0.258 e. The lowest BCUT2D eigenvalue weighted by atomic mass is 10.1. The van der Waals surface area contributed by atoms with Crippen molar-refractivity contribution in [2.45, 2.75) is 22.8 Å². The number of carbonyl (C=O) groups excluding carboxylic acids is 2. The summed E-state index contributed by atoms with van der Waals surface area (Å²) in [5, 5.41) is 4.86. The van der Waals surface area contributed by atoms with E-state index in [9.17, 15) is 9.59 Å². The van der Waals surface area contributed by atoms with Gasteiger partial charge in [-0.25, -0.2) is 0 Å². The lowest BCUT2D eigenvalue weighted by Crippen LogP contribution is -2.30. The Balaban J connectivity index is 1.37. The Morgan fingerprint density at radius 3 is 2.38 bits per heavy atom. The van der Waals surface area contributed by atoms with Crippen LogP contribution in [0.4, 0.5) is 11.4 Å². The van der Waals surface area contributed by atoms with E-state index in [1.54, 1.807) is 47.4 Å². The highest BCUT2D eigenvalue weighted by atomic mass is 32.2. The Morgan fingerprint density at radius 2 is 1.59 bits per heavy atom. The van der Waals surface area contributed by atoms with Gasteiger partial charge in [0.15, 0.2) is 0 Å². The molecule has 1 aliphatic heterocycles. The van der Waals surface area contributed by atoms with Gasteiger partial charge in [-0.05, 0) is 59.5 Å². The van der Waals surface area contributed by atoms with E-state index in [1.165, 1.54) is 4.90 Å². The molecule has 1 aliphatic rings. The molecule has 2 amide bonds. The number of benzene rings is 3. The first-order valence-corrected chi connectivity index (χ1v) is 12.0. The zero-order chi connectivity index (χ0) is 21.9. The van der Waals surface area contributed by atoms with Crippen LogP contribution in [0, 0.1) is 0 Å². The molecular weight excluding hydrogens is 436 g/mol. The third kappa shape index (κ3) is 4.33. The molecule has 5 rings (SSSR count). The van der Waals surface area contributed by atoms with Crippen LogP contribution in [0.3, 0.4) is 0 Å². The van der Waals surface area contributed by atoms with Gasteiger partial charge in [-0.3, -0.25) is 9.59 Å². The van der Waals surface area contributed by atoms with Crippen molar-refractivity contribution in [3.63, 3.8) is 0 Å². The van der Waals surface area contributed by atoms with Crippen molar-refractivity contribution in [3.8, 4) is 0 Å². The smallest absolute Gasteiger partial charge is 0.258 e. The zero-order valence-corrected chi connectivity index (χ0v) is 18.8. The predicted octanol–water partition coefficient (Wildman–Crippen LogP) is 6.24. The Kier molecular flexibility index (Phi) is 5.79. The predicted molar refractivity (Wildman–Crippen MR) is 131 cm³/mol. The van der Waals surface area contributed by atoms with Crippen molar-refractivity contribution in [2.24, 2.45) is 0 Å². The first-order chi connectivity index (χ1) is 15.7. The second-order valence-corrected chi connectivity index (χ2v) is 9.57. The second kappa shape index (κ2) is 9.02. The fourth-order valence-corrected chi connectivity index (χ4v) is 5.46. The summed E-state index contributed by atoms with van der Waals surface area (Å²) in [6, 6.07) is 27.2. The molecule has 32 heavy (non-hydrogen) atoms. The molecule has 1 aromatic heterocycles. The summed E-state index contributed by atoms with van der Waals surface area (Å²) in [4.78, 5) is 30.8. The van der Waals surface area contributed by atoms with Crippen LogP contribution < -0.4 is 10.2 Å². The first kappa shape index (κ1) is 20.5. The maximum atomic E-state index is 13.5. The van der Waals surface area contributed by atoms with Crippen molar-refractivity contribution in [3.05, 3.63) is 106 Å². The van der Waals surface area contributed by atoms with Gasteiger partial charge < -0.3 is 10.2 Å². The number of fused-ring (bicyclic) bond motifs is 2. The van der Waals surface area contributed by atoms with Crippen LogP contribution in [-0.2, 0) is 17.8 Å². The number of rotatable bonds is 4. The summed E-state index contributed by atoms with van der Waals surface area (Å²) < 4.78 is 0. The number of hydrogen-bond acceptors (Lipinski definition) is 4. The van der Waals surface area contributed by atoms with Crippen LogP contribution >= 0.6 is 23.1 Å². The number of nitrogens with zero attached hydrogens (tertiary/aromatic N) is 1. The molecule has 0 unspecified atom stereocenters. The molecule has 0 fully saturated rings. The fraction of sp³-hybridized carbons (Fsp3) is 0.0769. The van der Waals surface area contributed by atoms with Gasteiger partial charge in [-0.15, -0.1) is 11.3 Å². The minimum Gasteiger partial charge on any atom is -0.326 e. The molecule has 4 nitrogen and oxygen atoms in total. The van der Waals surface area contributed by atoms with Gasteiger partial charge in [0, 0.05) is 25.9 Å². The Labute approximate surface area is 194 Å². The Hall–Kier alpha value is -3.35. The Bertz CT molecular complexity index is 1270. The molecule has 158 valence electrons. The molecule has 0 aliphatic carbocycles. The van der Waals surface area contributed by atoms with Crippen molar-refractivity contribution in [2.75, 3.05) is 10.2 Å².